The Morgan fingerprint density at radius 2 is 1.80 bits per heavy atom. The molecular weight excluding hydrogens is 271 g/mol. The van der Waals surface area contributed by atoms with Gasteiger partial charge in [0.15, 0.2) is 5.69 Å². The summed E-state index contributed by atoms with van der Waals surface area (Å²) in [5.74, 6) is -0.638. The zero-order valence-electron chi connectivity index (χ0n) is 10.4. The predicted molar refractivity (Wildman–Crippen MR) is 66.0 cm³/mol. The Morgan fingerprint density at radius 1 is 1.15 bits per heavy atom. The van der Waals surface area contributed by atoms with Gasteiger partial charge >= 0.3 is 12.1 Å². The highest BCUT2D eigenvalue weighted by Gasteiger charge is 2.30. The van der Waals surface area contributed by atoms with Crippen molar-refractivity contribution in [1.82, 2.24) is 4.98 Å². The molecule has 0 N–H and O–H groups in total. The van der Waals surface area contributed by atoms with Crippen LogP contribution < -0.4 is 0 Å². The van der Waals surface area contributed by atoms with E-state index in [-0.39, 0.29) is 5.69 Å². The van der Waals surface area contributed by atoms with Gasteiger partial charge in [-0.15, -0.1) is 0 Å². The first-order valence-electron chi connectivity index (χ1n) is 5.64. The van der Waals surface area contributed by atoms with Crippen molar-refractivity contribution in [3.8, 4) is 11.1 Å². The summed E-state index contributed by atoms with van der Waals surface area (Å²) in [5, 5.41) is 0. The Balaban J connectivity index is 2.45. The van der Waals surface area contributed by atoms with Crippen molar-refractivity contribution in [2.45, 2.75) is 6.18 Å². The lowest BCUT2D eigenvalue weighted by atomic mass is 10.0. The molecule has 1 heterocycles. The molecule has 1 aromatic carbocycles. The molecule has 0 aliphatic rings. The van der Waals surface area contributed by atoms with Crippen LogP contribution in [0.2, 0.25) is 0 Å². The zero-order valence-corrected chi connectivity index (χ0v) is 10.4. The van der Waals surface area contributed by atoms with Crippen LogP contribution in [-0.4, -0.2) is 18.1 Å². The molecule has 0 amide bonds. The first kappa shape index (κ1) is 14.0. The molecule has 2 rings (SSSR count). The van der Waals surface area contributed by atoms with Gasteiger partial charge in [-0.2, -0.15) is 13.2 Å². The number of pyridine rings is 1. The van der Waals surface area contributed by atoms with Crippen LogP contribution in [0.15, 0.2) is 42.6 Å². The highest BCUT2D eigenvalue weighted by atomic mass is 19.4. The third kappa shape index (κ3) is 2.79. The number of carbonyl (C=O) groups excluding carboxylic acids is 1. The van der Waals surface area contributed by atoms with E-state index in [4.69, 9.17) is 0 Å². The first-order chi connectivity index (χ1) is 9.43. The second-order valence-corrected chi connectivity index (χ2v) is 3.97. The molecule has 3 nitrogen and oxygen atoms in total. The molecular formula is C14H10F3NO2. The van der Waals surface area contributed by atoms with Gasteiger partial charge in [-0.25, -0.2) is 9.78 Å². The molecule has 2 aromatic rings. The van der Waals surface area contributed by atoms with Crippen molar-refractivity contribution in [2.75, 3.05) is 7.11 Å². The molecule has 0 fully saturated rings. The topological polar surface area (TPSA) is 39.2 Å². The fourth-order valence-corrected chi connectivity index (χ4v) is 1.74. The van der Waals surface area contributed by atoms with Gasteiger partial charge in [-0.05, 0) is 23.8 Å². The van der Waals surface area contributed by atoms with E-state index in [9.17, 15) is 18.0 Å². The minimum Gasteiger partial charge on any atom is -0.464 e. The number of carbonyl (C=O) groups is 1. The first-order valence-corrected chi connectivity index (χ1v) is 5.64. The number of hydrogen-bond acceptors (Lipinski definition) is 3. The molecule has 0 aliphatic heterocycles. The van der Waals surface area contributed by atoms with E-state index < -0.39 is 17.7 Å². The molecule has 0 bridgehead atoms. The molecule has 0 atom stereocenters. The molecule has 0 saturated carbocycles. The maximum absolute atomic E-state index is 12.5. The summed E-state index contributed by atoms with van der Waals surface area (Å²) in [4.78, 5) is 15.5. The van der Waals surface area contributed by atoms with Crippen LogP contribution in [0.5, 0.6) is 0 Å². The van der Waals surface area contributed by atoms with Crippen molar-refractivity contribution in [3.05, 3.63) is 53.9 Å². The normalized spacial score (nSPS) is 11.2. The molecule has 104 valence electrons. The van der Waals surface area contributed by atoms with Crippen LogP contribution in [0.1, 0.15) is 16.1 Å². The Bertz CT molecular complexity index is 621. The van der Waals surface area contributed by atoms with Crippen molar-refractivity contribution in [3.63, 3.8) is 0 Å². The Labute approximate surface area is 113 Å². The van der Waals surface area contributed by atoms with Gasteiger partial charge in [-0.1, -0.05) is 18.2 Å². The number of methoxy groups -OCH3 is 1. The average molecular weight is 281 g/mol. The van der Waals surface area contributed by atoms with Crippen LogP contribution in [-0.2, 0) is 10.9 Å². The van der Waals surface area contributed by atoms with Crippen LogP contribution in [0.3, 0.4) is 0 Å². The molecule has 1 aromatic heterocycles. The number of nitrogens with zero attached hydrogens (tertiary/aromatic N) is 1. The molecule has 0 radical (unpaired) electrons. The summed E-state index contributed by atoms with van der Waals surface area (Å²) in [7, 11) is 1.22. The van der Waals surface area contributed by atoms with E-state index >= 15 is 0 Å². The van der Waals surface area contributed by atoms with E-state index in [1.54, 1.807) is 12.1 Å². The largest absolute Gasteiger partial charge is 0.464 e. The number of halogens is 3. The summed E-state index contributed by atoms with van der Waals surface area (Å²) < 4.78 is 42.1. The van der Waals surface area contributed by atoms with Crippen molar-refractivity contribution in [2.24, 2.45) is 0 Å². The summed E-state index contributed by atoms with van der Waals surface area (Å²) >= 11 is 0. The number of hydrogen-bond donors (Lipinski definition) is 0. The van der Waals surface area contributed by atoms with Gasteiger partial charge in [0.05, 0.1) is 12.7 Å². The minimum atomic E-state index is -4.39. The van der Waals surface area contributed by atoms with Crippen molar-refractivity contribution >= 4 is 5.97 Å². The van der Waals surface area contributed by atoms with Crippen LogP contribution >= 0.6 is 0 Å². The van der Waals surface area contributed by atoms with Gasteiger partial charge in [0.2, 0.25) is 0 Å². The lowest BCUT2D eigenvalue weighted by Gasteiger charge is -2.09. The van der Waals surface area contributed by atoms with Gasteiger partial charge in [-0.3, -0.25) is 0 Å². The summed E-state index contributed by atoms with van der Waals surface area (Å²) in [5.41, 5.74) is 0.207. The molecule has 0 aliphatic carbocycles. The lowest BCUT2D eigenvalue weighted by Crippen LogP contribution is -2.07. The highest BCUT2D eigenvalue weighted by molar-refractivity contribution is 5.95. The van der Waals surface area contributed by atoms with E-state index in [1.165, 1.54) is 25.4 Å². The van der Waals surface area contributed by atoms with E-state index in [0.717, 1.165) is 12.1 Å². The predicted octanol–water partition coefficient (Wildman–Crippen LogP) is 3.55. The number of ether oxygens (including phenoxy) is 1. The van der Waals surface area contributed by atoms with Gasteiger partial charge in [0, 0.05) is 11.8 Å². The molecule has 6 heteroatoms. The summed E-state index contributed by atoms with van der Waals surface area (Å²) in [6.07, 6.45) is -2.97. The number of alkyl halides is 3. The van der Waals surface area contributed by atoms with Crippen molar-refractivity contribution in [1.29, 1.82) is 0 Å². The maximum Gasteiger partial charge on any atom is 0.416 e. The Morgan fingerprint density at radius 3 is 2.35 bits per heavy atom. The van der Waals surface area contributed by atoms with Crippen LogP contribution in [0, 0.1) is 0 Å². The van der Waals surface area contributed by atoms with Crippen molar-refractivity contribution < 1.29 is 22.7 Å². The monoisotopic (exact) mass is 281 g/mol. The quantitative estimate of drug-likeness (QED) is 0.790. The standard InChI is InChI=1S/C14H10F3NO2/c1-20-13(19)12-11(3-2-8-18-12)9-4-6-10(7-5-9)14(15,16)17/h2-8H,1H3. The summed E-state index contributed by atoms with van der Waals surface area (Å²) in [6.45, 7) is 0. The third-order valence-corrected chi connectivity index (χ3v) is 2.71. The van der Waals surface area contributed by atoms with E-state index in [0.29, 0.717) is 11.1 Å². The summed E-state index contributed by atoms with van der Waals surface area (Å²) in [6, 6.07) is 7.71. The number of benzene rings is 1. The van der Waals surface area contributed by atoms with E-state index in [2.05, 4.69) is 9.72 Å². The number of aromatic nitrogens is 1. The fourth-order valence-electron chi connectivity index (χ4n) is 1.74. The molecule has 0 unspecified atom stereocenters. The molecule has 0 spiro atoms. The highest BCUT2D eigenvalue weighted by Crippen LogP contribution is 2.31. The second-order valence-electron chi connectivity index (χ2n) is 3.97. The lowest BCUT2D eigenvalue weighted by molar-refractivity contribution is -0.137. The Kier molecular flexibility index (Phi) is 3.74. The third-order valence-electron chi connectivity index (χ3n) is 2.71. The maximum atomic E-state index is 12.5. The van der Waals surface area contributed by atoms with E-state index in [1.807, 2.05) is 0 Å². The second kappa shape index (κ2) is 5.32. The number of esters is 1. The molecule has 20 heavy (non-hydrogen) atoms. The van der Waals surface area contributed by atoms with Crippen LogP contribution in [0.25, 0.3) is 11.1 Å². The Hall–Kier alpha value is -2.37. The van der Waals surface area contributed by atoms with Crippen LogP contribution in [0.4, 0.5) is 13.2 Å². The molecule has 0 saturated heterocycles. The van der Waals surface area contributed by atoms with Gasteiger partial charge < -0.3 is 4.74 Å². The number of rotatable bonds is 2. The average Bonchev–Trinajstić information content (AvgIpc) is 2.45. The SMILES string of the molecule is COC(=O)c1ncccc1-c1ccc(C(F)(F)F)cc1. The fraction of sp³-hybridized carbons (Fsp3) is 0.143. The minimum absolute atomic E-state index is 0.0646. The van der Waals surface area contributed by atoms with Gasteiger partial charge in [0.25, 0.3) is 0 Å². The smallest absolute Gasteiger partial charge is 0.416 e. The zero-order chi connectivity index (χ0) is 14.8. The van der Waals surface area contributed by atoms with Gasteiger partial charge in [0.1, 0.15) is 0 Å².